The Bertz CT molecular complexity index is 568. The van der Waals surface area contributed by atoms with E-state index in [1.807, 2.05) is 12.3 Å². The quantitative estimate of drug-likeness (QED) is 0.705. The van der Waals surface area contributed by atoms with E-state index in [9.17, 15) is 10.2 Å². The van der Waals surface area contributed by atoms with Gasteiger partial charge in [0.15, 0.2) is 0 Å². The van der Waals surface area contributed by atoms with E-state index >= 15 is 0 Å². The lowest BCUT2D eigenvalue weighted by Gasteiger charge is -2.26. The summed E-state index contributed by atoms with van der Waals surface area (Å²) in [5, 5.41) is 23.8. The molecule has 1 aromatic rings. The largest absolute Gasteiger partial charge is 0.396 e. The normalized spacial score (nSPS) is 30.0. The van der Waals surface area contributed by atoms with E-state index in [0.29, 0.717) is 17.8 Å². The number of nitrogens with zero attached hydrogens (tertiary/aromatic N) is 2. The van der Waals surface area contributed by atoms with E-state index in [1.165, 1.54) is 12.8 Å². The van der Waals surface area contributed by atoms with Gasteiger partial charge >= 0.3 is 0 Å². The summed E-state index contributed by atoms with van der Waals surface area (Å²) < 4.78 is 0. The number of hydrogen-bond acceptors (Lipinski definition) is 5. The van der Waals surface area contributed by atoms with Crippen LogP contribution in [0.3, 0.4) is 0 Å². The summed E-state index contributed by atoms with van der Waals surface area (Å²) in [6.07, 6.45) is 6.40. The number of aliphatic hydroxyl groups is 2. The van der Waals surface area contributed by atoms with Crippen LogP contribution in [0, 0.1) is 17.3 Å². The summed E-state index contributed by atoms with van der Waals surface area (Å²) in [5.74, 6) is 1.64. The summed E-state index contributed by atoms with van der Waals surface area (Å²) in [6.45, 7) is 7.70. The monoisotopic (exact) mass is 347 g/mol. The molecular weight excluding hydrogens is 314 g/mol. The molecule has 0 spiro atoms. The molecule has 0 bridgehead atoms. The second-order valence-electron chi connectivity index (χ2n) is 9.07. The molecule has 1 aromatic heterocycles. The molecule has 3 rings (SSSR count). The van der Waals surface area contributed by atoms with Crippen LogP contribution in [0.4, 0.5) is 0 Å². The van der Waals surface area contributed by atoms with E-state index in [4.69, 9.17) is 4.98 Å². The zero-order chi connectivity index (χ0) is 18.0. The van der Waals surface area contributed by atoms with Crippen LogP contribution in [0.15, 0.2) is 12.3 Å². The second kappa shape index (κ2) is 7.68. The van der Waals surface area contributed by atoms with Crippen molar-refractivity contribution < 1.29 is 10.2 Å². The summed E-state index contributed by atoms with van der Waals surface area (Å²) in [7, 11) is 0. The van der Waals surface area contributed by atoms with Crippen molar-refractivity contribution in [3.8, 4) is 0 Å². The Morgan fingerprint density at radius 3 is 2.64 bits per heavy atom. The highest BCUT2D eigenvalue weighted by Gasteiger charge is 2.42. The first kappa shape index (κ1) is 18.7. The number of aliphatic hydroxyl groups excluding tert-OH is 2. The van der Waals surface area contributed by atoms with E-state index in [1.54, 1.807) is 0 Å². The maximum Gasteiger partial charge on any atom is 0.131 e. The molecule has 0 aromatic carbocycles. The van der Waals surface area contributed by atoms with Crippen LogP contribution in [0.1, 0.15) is 63.9 Å². The minimum atomic E-state index is -0.438. The summed E-state index contributed by atoms with van der Waals surface area (Å²) in [4.78, 5) is 9.14. The Morgan fingerprint density at radius 1 is 1.24 bits per heavy atom. The fourth-order valence-corrected chi connectivity index (χ4v) is 3.92. The molecule has 2 fully saturated rings. The van der Waals surface area contributed by atoms with Gasteiger partial charge in [0.2, 0.25) is 0 Å². The molecule has 0 saturated heterocycles. The minimum absolute atomic E-state index is 0.0316. The first-order chi connectivity index (χ1) is 11.9. The first-order valence-corrected chi connectivity index (χ1v) is 9.71. The highest BCUT2D eigenvalue weighted by molar-refractivity contribution is 5.12. The van der Waals surface area contributed by atoms with Crippen LogP contribution in [0.5, 0.6) is 0 Å². The van der Waals surface area contributed by atoms with Crippen LogP contribution in [0.2, 0.25) is 0 Å². The second-order valence-corrected chi connectivity index (χ2v) is 9.07. The van der Waals surface area contributed by atoms with Crippen LogP contribution >= 0.6 is 0 Å². The first-order valence-electron chi connectivity index (χ1n) is 9.71. The summed E-state index contributed by atoms with van der Waals surface area (Å²) in [5.41, 5.74) is 1.33. The lowest BCUT2D eigenvalue weighted by molar-refractivity contribution is 0.0715. The molecule has 0 amide bonds. The fraction of sp³-hybridized carbons (Fsp3) is 0.800. The van der Waals surface area contributed by atoms with Crippen LogP contribution < -0.4 is 5.32 Å². The molecule has 4 atom stereocenters. The van der Waals surface area contributed by atoms with Crippen molar-refractivity contribution in [1.82, 2.24) is 15.3 Å². The van der Waals surface area contributed by atoms with Crippen molar-refractivity contribution in [2.24, 2.45) is 17.3 Å². The van der Waals surface area contributed by atoms with Gasteiger partial charge in [-0.1, -0.05) is 20.8 Å². The molecule has 3 N–H and O–H groups in total. The Kier molecular flexibility index (Phi) is 5.76. The highest BCUT2D eigenvalue weighted by atomic mass is 16.3. The Morgan fingerprint density at radius 2 is 2.00 bits per heavy atom. The Hall–Kier alpha value is -1.04. The van der Waals surface area contributed by atoms with Crippen LogP contribution in [-0.2, 0) is 6.42 Å². The van der Waals surface area contributed by atoms with Gasteiger partial charge in [-0.15, -0.1) is 0 Å². The maximum absolute atomic E-state index is 10.4. The standard InChI is InChI=1S/C20H33N3O2/c1-20(2,3)7-9-21-17-11-18(25)16(12-24)15(17)10-14-6-8-22-19(23-14)13-4-5-13/h6,8,13,15-18,21,24-25H,4-5,7,9-12H2,1-3H3. The van der Waals surface area contributed by atoms with Crippen molar-refractivity contribution in [1.29, 1.82) is 0 Å². The Labute approximate surface area is 151 Å². The molecule has 140 valence electrons. The molecule has 0 radical (unpaired) electrons. The van der Waals surface area contributed by atoms with Gasteiger partial charge in [-0.05, 0) is 56.0 Å². The average Bonchev–Trinajstić information content (AvgIpc) is 3.34. The van der Waals surface area contributed by atoms with E-state index in [2.05, 4.69) is 31.1 Å². The van der Waals surface area contributed by atoms with Gasteiger partial charge in [-0.3, -0.25) is 0 Å². The molecule has 5 nitrogen and oxygen atoms in total. The predicted octanol–water partition coefficient (Wildman–Crippen LogP) is 2.28. The smallest absolute Gasteiger partial charge is 0.131 e. The third kappa shape index (κ3) is 4.99. The molecule has 25 heavy (non-hydrogen) atoms. The van der Waals surface area contributed by atoms with E-state index < -0.39 is 6.10 Å². The van der Waals surface area contributed by atoms with Crippen molar-refractivity contribution in [3.63, 3.8) is 0 Å². The third-order valence-corrected chi connectivity index (χ3v) is 5.67. The number of aromatic nitrogens is 2. The molecule has 2 saturated carbocycles. The fourth-order valence-electron chi connectivity index (χ4n) is 3.92. The molecule has 4 unspecified atom stereocenters. The van der Waals surface area contributed by atoms with Crippen molar-refractivity contribution >= 4 is 0 Å². The van der Waals surface area contributed by atoms with Crippen LogP contribution in [-0.4, -0.2) is 45.5 Å². The van der Waals surface area contributed by atoms with Gasteiger partial charge < -0.3 is 15.5 Å². The lowest BCUT2D eigenvalue weighted by Crippen LogP contribution is -2.38. The predicted molar refractivity (Wildman–Crippen MR) is 98.3 cm³/mol. The van der Waals surface area contributed by atoms with Crippen LogP contribution in [0.25, 0.3) is 0 Å². The SMILES string of the molecule is CC(C)(C)CCNC1CC(O)C(CO)C1Cc1ccnc(C2CC2)n1. The topological polar surface area (TPSA) is 78.3 Å². The van der Waals surface area contributed by atoms with Gasteiger partial charge in [0.25, 0.3) is 0 Å². The highest BCUT2D eigenvalue weighted by Crippen LogP contribution is 2.38. The molecule has 1 heterocycles. The van der Waals surface area contributed by atoms with Gasteiger partial charge in [0.05, 0.1) is 6.10 Å². The molecule has 5 heteroatoms. The Balaban J connectivity index is 1.66. The molecule has 0 aliphatic heterocycles. The molecule has 2 aliphatic carbocycles. The van der Waals surface area contributed by atoms with Crippen molar-refractivity contribution in [2.75, 3.05) is 13.2 Å². The zero-order valence-electron chi connectivity index (χ0n) is 15.8. The third-order valence-electron chi connectivity index (χ3n) is 5.67. The molecular formula is C20H33N3O2. The average molecular weight is 348 g/mol. The number of hydrogen-bond donors (Lipinski definition) is 3. The maximum atomic E-state index is 10.4. The lowest BCUT2D eigenvalue weighted by atomic mass is 9.88. The number of rotatable bonds is 7. The van der Waals surface area contributed by atoms with E-state index in [0.717, 1.165) is 30.9 Å². The summed E-state index contributed by atoms with van der Waals surface area (Å²) >= 11 is 0. The summed E-state index contributed by atoms with van der Waals surface area (Å²) in [6, 6.07) is 2.21. The van der Waals surface area contributed by atoms with Gasteiger partial charge in [-0.2, -0.15) is 0 Å². The van der Waals surface area contributed by atoms with E-state index in [-0.39, 0.29) is 24.5 Å². The van der Waals surface area contributed by atoms with Crippen molar-refractivity contribution in [3.05, 3.63) is 23.8 Å². The minimum Gasteiger partial charge on any atom is -0.396 e. The van der Waals surface area contributed by atoms with Gasteiger partial charge in [0, 0.05) is 36.4 Å². The van der Waals surface area contributed by atoms with Gasteiger partial charge in [-0.25, -0.2) is 9.97 Å². The van der Waals surface area contributed by atoms with Gasteiger partial charge in [0.1, 0.15) is 5.82 Å². The van der Waals surface area contributed by atoms with Crippen molar-refractivity contribution in [2.45, 2.75) is 70.9 Å². The number of nitrogens with one attached hydrogen (secondary N) is 1. The molecule has 2 aliphatic rings. The zero-order valence-corrected chi connectivity index (χ0v) is 15.8.